The van der Waals surface area contributed by atoms with Gasteiger partial charge < -0.3 is 15.1 Å². The van der Waals surface area contributed by atoms with Crippen molar-refractivity contribution in [3.63, 3.8) is 0 Å². The number of carbonyl (C=O) groups excluding carboxylic acids is 1. The van der Waals surface area contributed by atoms with Gasteiger partial charge in [0.25, 0.3) is 5.91 Å². The van der Waals surface area contributed by atoms with Gasteiger partial charge in [0.15, 0.2) is 9.84 Å². The smallest absolute Gasteiger partial charge is 0.255 e. The van der Waals surface area contributed by atoms with Gasteiger partial charge in [-0.15, -0.1) is 0 Å². The average Bonchev–Trinajstić information content (AvgIpc) is 2.78. The van der Waals surface area contributed by atoms with Crippen LogP contribution in [0.2, 0.25) is 0 Å². The lowest BCUT2D eigenvalue weighted by Gasteiger charge is -2.33. The maximum absolute atomic E-state index is 13.3. The Morgan fingerprint density at radius 1 is 1.26 bits per heavy atom. The Kier molecular flexibility index (Phi) is 7.27. The Morgan fingerprint density at radius 3 is 2.68 bits per heavy atom. The zero-order valence-electron chi connectivity index (χ0n) is 18.6. The number of rotatable bonds is 7. The van der Waals surface area contributed by atoms with E-state index in [-0.39, 0.29) is 28.0 Å². The monoisotopic (exact) mass is 445 g/mol. The average molecular weight is 446 g/mol. The molecule has 3 rings (SSSR count). The molecule has 0 saturated carbocycles. The first-order chi connectivity index (χ1) is 14.8. The minimum atomic E-state index is -3.49. The number of nitrogens with zero attached hydrogens (tertiary/aromatic N) is 4. The molecule has 1 saturated heterocycles. The topological polar surface area (TPSA) is 95.5 Å². The van der Waals surface area contributed by atoms with Gasteiger partial charge in [-0.1, -0.05) is 19.1 Å². The summed E-state index contributed by atoms with van der Waals surface area (Å²) in [4.78, 5) is 26.6. The Morgan fingerprint density at radius 2 is 2.00 bits per heavy atom. The first-order valence-corrected chi connectivity index (χ1v) is 12.2. The quantitative estimate of drug-likeness (QED) is 0.697. The Hall–Kier alpha value is -2.52. The summed E-state index contributed by atoms with van der Waals surface area (Å²) < 4.78 is 25.0. The molecule has 8 nitrogen and oxygen atoms in total. The zero-order valence-corrected chi connectivity index (χ0v) is 19.4. The second-order valence-electron chi connectivity index (χ2n) is 7.99. The van der Waals surface area contributed by atoms with E-state index in [0.29, 0.717) is 19.6 Å². The van der Waals surface area contributed by atoms with Crippen molar-refractivity contribution >= 4 is 21.6 Å². The molecule has 0 radical (unpaired) electrons. The fraction of sp³-hybridized carbons (Fsp3) is 0.500. The van der Waals surface area contributed by atoms with Crippen molar-refractivity contribution in [2.24, 2.45) is 0 Å². The SMILES string of the molecule is CCS(=O)(=O)c1ccccc1C(=O)N1CCC[C@@H](c2nc(CNC)cc(N(C)C)n2)C1. The van der Waals surface area contributed by atoms with E-state index in [1.165, 1.54) is 6.07 Å². The van der Waals surface area contributed by atoms with E-state index >= 15 is 0 Å². The molecule has 0 aliphatic carbocycles. The molecule has 1 aromatic heterocycles. The number of anilines is 1. The fourth-order valence-electron chi connectivity index (χ4n) is 3.80. The molecule has 2 heterocycles. The molecule has 1 aliphatic rings. The maximum atomic E-state index is 13.3. The van der Waals surface area contributed by atoms with Gasteiger partial charge in [-0.2, -0.15) is 0 Å². The van der Waals surface area contributed by atoms with Crippen molar-refractivity contribution in [3.05, 3.63) is 47.4 Å². The number of nitrogens with one attached hydrogen (secondary N) is 1. The highest BCUT2D eigenvalue weighted by molar-refractivity contribution is 7.91. The predicted molar refractivity (Wildman–Crippen MR) is 121 cm³/mol. The number of piperidine rings is 1. The maximum Gasteiger partial charge on any atom is 0.255 e. The third-order valence-electron chi connectivity index (χ3n) is 5.51. The molecule has 0 bridgehead atoms. The van der Waals surface area contributed by atoms with Crippen LogP contribution in [0.1, 0.15) is 47.6 Å². The summed E-state index contributed by atoms with van der Waals surface area (Å²) in [6.07, 6.45) is 1.70. The van der Waals surface area contributed by atoms with Crippen molar-refractivity contribution in [2.45, 2.75) is 37.1 Å². The van der Waals surface area contributed by atoms with Crippen LogP contribution in [0.15, 0.2) is 35.2 Å². The summed E-state index contributed by atoms with van der Waals surface area (Å²) in [5.41, 5.74) is 1.14. The first kappa shape index (κ1) is 23.1. The minimum absolute atomic E-state index is 0.00292. The molecule has 1 N–H and O–H groups in total. The van der Waals surface area contributed by atoms with E-state index in [4.69, 9.17) is 9.97 Å². The Balaban J connectivity index is 1.89. The largest absolute Gasteiger partial charge is 0.363 e. The van der Waals surface area contributed by atoms with Gasteiger partial charge in [0.1, 0.15) is 11.6 Å². The van der Waals surface area contributed by atoms with Crippen LogP contribution in [-0.4, -0.2) is 69.2 Å². The second-order valence-corrected chi connectivity index (χ2v) is 10.2. The number of amides is 1. The number of likely N-dealkylation sites (tertiary alicyclic amines) is 1. The second kappa shape index (κ2) is 9.74. The van der Waals surface area contributed by atoms with Gasteiger partial charge in [0.2, 0.25) is 0 Å². The lowest BCUT2D eigenvalue weighted by molar-refractivity contribution is 0.0700. The molecule has 2 aromatic rings. The molecule has 31 heavy (non-hydrogen) atoms. The van der Waals surface area contributed by atoms with Crippen LogP contribution >= 0.6 is 0 Å². The molecular formula is C22H31N5O3S. The van der Waals surface area contributed by atoms with Crippen LogP contribution < -0.4 is 10.2 Å². The van der Waals surface area contributed by atoms with Gasteiger partial charge in [0, 0.05) is 45.7 Å². The van der Waals surface area contributed by atoms with Crippen molar-refractivity contribution in [3.8, 4) is 0 Å². The van der Waals surface area contributed by atoms with Gasteiger partial charge in [-0.25, -0.2) is 18.4 Å². The van der Waals surface area contributed by atoms with Crippen molar-refractivity contribution in [2.75, 3.05) is 44.9 Å². The van der Waals surface area contributed by atoms with Crippen LogP contribution in [0.4, 0.5) is 5.82 Å². The summed E-state index contributed by atoms with van der Waals surface area (Å²) in [6, 6.07) is 8.43. The third kappa shape index (κ3) is 5.22. The molecule has 0 unspecified atom stereocenters. The highest BCUT2D eigenvalue weighted by atomic mass is 32.2. The van der Waals surface area contributed by atoms with Gasteiger partial charge in [0.05, 0.1) is 21.9 Å². The van der Waals surface area contributed by atoms with Gasteiger partial charge >= 0.3 is 0 Å². The number of benzene rings is 1. The van der Waals surface area contributed by atoms with Crippen molar-refractivity contribution in [1.82, 2.24) is 20.2 Å². The lowest BCUT2D eigenvalue weighted by atomic mass is 9.96. The standard InChI is InChI=1S/C22H31N5O3S/c1-5-31(29,30)19-11-7-6-10-18(19)22(28)27-12-8-9-16(15-27)21-24-17(14-23-2)13-20(25-21)26(3)4/h6-7,10-11,13,16,23H,5,8-9,12,14-15H2,1-4H3/t16-/m1/s1. The normalized spacial score (nSPS) is 16.9. The van der Waals surface area contributed by atoms with Crippen LogP contribution in [0.3, 0.4) is 0 Å². The predicted octanol–water partition coefficient (Wildman–Crippen LogP) is 2.08. The third-order valence-corrected chi connectivity index (χ3v) is 7.29. The molecule has 9 heteroatoms. The summed E-state index contributed by atoms with van der Waals surface area (Å²) in [5, 5.41) is 3.12. The van der Waals surface area contributed by atoms with E-state index in [0.717, 1.165) is 30.2 Å². The number of carbonyl (C=O) groups is 1. The van der Waals surface area contributed by atoms with E-state index in [1.807, 2.05) is 32.1 Å². The molecule has 1 amide bonds. The fourth-order valence-corrected chi connectivity index (χ4v) is 4.89. The summed E-state index contributed by atoms with van der Waals surface area (Å²) in [5.74, 6) is 1.26. The van der Waals surface area contributed by atoms with Crippen LogP contribution in [0.25, 0.3) is 0 Å². The molecule has 168 valence electrons. The van der Waals surface area contributed by atoms with Crippen LogP contribution in [0, 0.1) is 0 Å². The molecule has 1 aromatic carbocycles. The highest BCUT2D eigenvalue weighted by Crippen LogP contribution is 2.28. The number of aromatic nitrogens is 2. The molecule has 1 atom stereocenters. The van der Waals surface area contributed by atoms with Crippen LogP contribution in [-0.2, 0) is 16.4 Å². The highest BCUT2D eigenvalue weighted by Gasteiger charge is 2.30. The van der Waals surface area contributed by atoms with Crippen LogP contribution in [0.5, 0.6) is 0 Å². The minimum Gasteiger partial charge on any atom is -0.363 e. The molecule has 1 fully saturated rings. The van der Waals surface area contributed by atoms with Gasteiger partial charge in [-0.05, 0) is 32.0 Å². The van der Waals surface area contributed by atoms with E-state index in [2.05, 4.69) is 5.32 Å². The lowest BCUT2D eigenvalue weighted by Crippen LogP contribution is -2.40. The first-order valence-electron chi connectivity index (χ1n) is 10.6. The van der Waals surface area contributed by atoms with E-state index < -0.39 is 9.84 Å². The Labute approximate surface area is 184 Å². The van der Waals surface area contributed by atoms with Crippen molar-refractivity contribution in [1.29, 1.82) is 0 Å². The number of hydrogen-bond donors (Lipinski definition) is 1. The zero-order chi connectivity index (χ0) is 22.6. The van der Waals surface area contributed by atoms with Gasteiger partial charge in [-0.3, -0.25) is 4.79 Å². The molecule has 0 spiro atoms. The number of hydrogen-bond acceptors (Lipinski definition) is 7. The van der Waals surface area contributed by atoms with Crippen molar-refractivity contribution < 1.29 is 13.2 Å². The summed E-state index contributed by atoms with van der Waals surface area (Å²) in [6.45, 7) is 3.28. The molecular weight excluding hydrogens is 414 g/mol. The van der Waals surface area contributed by atoms with E-state index in [1.54, 1.807) is 30.0 Å². The summed E-state index contributed by atoms with van der Waals surface area (Å²) in [7, 11) is 2.27. The Bertz CT molecular complexity index is 1040. The number of sulfone groups is 1. The molecule has 1 aliphatic heterocycles. The van der Waals surface area contributed by atoms with E-state index in [9.17, 15) is 13.2 Å². The summed E-state index contributed by atoms with van der Waals surface area (Å²) >= 11 is 0.